The molecule has 2 amide bonds. The smallest absolute Gasteiger partial charge is 0.270 e. The number of aryl methyl sites for hydroxylation is 1. The minimum absolute atomic E-state index is 0.000756. The van der Waals surface area contributed by atoms with E-state index in [1.165, 1.54) is 0 Å². The minimum Gasteiger partial charge on any atom is -0.354 e. The molecule has 0 saturated carbocycles. The normalized spacial score (nSPS) is 17.0. The van der Waals surface area contributed by atoms with Gasteiger partial charge in [0.05, 0.1) is 12.5 Å². The van der Waals surface area contributed by atoms with Gasteiger partial charge in [-0.15, -0.1) is 0 Å². The summed E-state index contributed by atoms with van der Waals surface area (Å²) in [6.07, 6.45) is 2.27. The van der Waals surface area contributed by atoms with Crippen molar-refractivity contribution >= 4 is 11.8 Å². The first-order chi connectivity index (χ1) is 11.0. The van der Waals surface area contributed by atoms with Gasteiger partial charge in [-0.2, -0.15) is 0 Å². The van der Waals surface area contributed by atoms with Crippen molar-refractivity contribution in [2.75, 3.05) is 13.6 Å². The van der Waals surface area contributed by atoms with Crippen LogP contribution < -0.4 is 5.32 Å². The summed E-state index contributed by atoms with van der Waals surface area (Å²) in [6.45, 7) is 3.18. The summed E-state index contributed by atoms with van der Waals surface area (Å²) in [5.74, 6) is -0.0195. The maximum absolute atomic E-state index is 12.3. The van der Waals surface area contributed by atoms with Crippen LogP contribution in [-0.2, 0) is 17.8 Å². The van der Waals surface area contributed by atoms with E-state index in [0.717, 1.165) is 11.1 Å². The van der Waals surface area contributed by atoms with E-state index in [1.54, 1.807) is 11.9 Å². The van der Waals surface area contributed by atoms with Gasteiger partial charge in [0.25, 0.3) is 5.91 Å². The number of hydrogen-bond acceptors (Lipinski definition) is 2. The number of rotatable bonds is 4. The number of fused-ring (bicyclic) bond motifs is 1. The standard InChI is InChI=1S/C18H21N3O2/c1-13-5-3-6-14(9-13)10-17(22)19-11-15-12-21-8-4-7-16(21)18(23)20(15)2/h3-9,15H,10-12H2,1-2H3,(H,19,22). The SMILES string of the molecule is Cc1cccc(CC(=O)NCC2Cn3cccc3C(=O)N2C)c1. The van der Waals surface area contributed by atoms with Gasteiger partial charge in [0, 0.05) is 26.3 Å². The maximum Gasteiger partial charge on any atom is 0.270 e. The van der Waals surface area contributed by atoms with Crippen molar-refractivity contribution in [3.63, 3.8) is 0 Å². The van der Waals surface area contributed by atoms with E-state index in [1.807, 2.05) is 54.1 Å². The molecule has 1 aromatic heterocycles. The molecule has 1 aliphatic heterocycles. The molecule has 23 heavy (non-hydrogen) atoms. The van der Waals surface area contributed by atoms with Crippen LogP contribution in [0.15, 0.2) is 42.6 Å². The Morgan fingerprint density at radius 1 is 1.30 bits per heavy atom. The van der Waals surface area contributed by atoms with E-state index in [0.29, 0.717) is 25.2 Å². The Bertz CT molecular complexity index is 735. The molecule has 1 atom stereocenters. The molecule has 0 spiro atoms. The van der Waals surface area contributed by atoms with Crippen molar-refractivity contribution < 1.29 is 9.59 Å². The second-order valence-corrected chi connectivity index (χ2v) is 6.09. The molecule has 1 N–H and O–H groups in total. The molecular formula is C18H21N3O2. The summed E-state index contributed by atoms with van der Waals surface area (Å²) in [5.41, 5.74) is 2.85. The summed E-state index contributed by atoms with van der Waals surface area (Å²) >= 11 is 0. The predicted octanol–water partition coefficient (Wildman–Crippen LogP) is 1.61. The third-order valence-electron chi connectivity index (χ3n) is 4.31. The van der Waals surface area contributed by atoms with E-state index in [9.17, 15) is 9.59 Å². The number of benzene rings is 1. The Morgan fingerprint density at radius 2 is 2.13 bits per heavy atom. The van der Waals surface area contributed by atoms with E-state index >= 15 is 0 Å². The first-order valence-electron chi connectivity index (χ1n) is 7.79. The van der Waals surface area contributed by atoms with Crippen molar-refractivity contribution in [2.24, 2.45) is 0 Å². The lowest BCUT2D eigenvalue weighted by Crippen LogP contribution is -2.51. The van der Waals surface area contributed by atoms with Gasteiger partial charge >= 0.3 is 0 Å². The highest BCUT2D eigenvalue weighted by Crippen LogP contribution is 2.16. The molecule has 5 nitrogen and oxygen atoms in total. The number of hydrogen-bond donors (Lipinski definition) is 1. The highest BCUT2D eigenvalue weighted by molar-refractivity contribution is 5.93. The lowest BCUT2D eigenvalue weighted by molar-refractivity contribution is -0.120. The van der Waals surface area contributed by atoms with Gasteiger partial charge in [0.15, 0.2) is 0 Å². The molecular weight excluding hydrogens is 290 g/mol. The van der Waals surface area contributed by atoms with Gasteiger partial charge in [0.1, 0.15) is 5.69 Å². The fourth-order valence-corrected chi connectivity index (χ4v) is 2.97. The quantitative estimate of drug-likeness (QED) is 0.932. The van der Waals surface area contributed by atoms with E-state index < -0.39 is 0 Å². The van der Waals surface area contributed by atoms with Crippen LogP contribution in [0.5, 0.6) is 0 Å². The first kappa shape index (κ1) is 15.3. The summed E-state index contributed by atoms with van der Waals surface area (Å²) < 4.78 is 1.94. The lowest BCUT2D eigenvalue weighted by atomic mass is 10.1. The largest absolute Gasteiger partial charge is 0.354 e. The second kappa shape index (κ2) is 6.28. The fraction of sp³-hybridized carbons (Fsp3) is 0.333. The molecule has 120 valence electrons. The number of aromatic nitrogens is 1. The molecule has 2 aromatic rings. The zero-order valence-electron chi connectivity index (χ0n) is 13.5. The van der Waals surface area contributed by atoms with E-state index in [2.05, 4.69) is 5.32 Å². The Kier molecular flexibility index (Phi) is 4.19. The average molecular weight is 311 g/mol. The minimum atomic E-state index is -0.0242. The Labute approximate surface area is 135 Å². The highest BCUT2D eigenvalue weighted by Gasteiger charge is 2.29. The van der Waals surface area contributed by atoms with E-state index in [4.69, 9.17) is 0 Å². The Morgan fingerprint density at radius 3 is 2.91 bits per heavy atom. The van der Waals surface area contributed by atoms with Gasteiger partial charge in [-0.05, 0) is 24.6 Å². The number of carbonyl (C=O) groups excluding carboxylic acids is 2. The second-order valence-electron chi connectivity index (χ2n) is 6.09. The summed E-state index contributed by atoms with van der Waals surface area (Å²) in [6, 6.07) is 11.6. The molecule has 0 radical (unpaired) electrons. The number of nitrogens with one attached hydrogen (secondary N) is 1. The summed E-state index contributed by atoms with van der Waals surface area (Å²) in [5, 5.41) is 2.95. The molecule has 0 bridgehead atoms. The van der Waals surface area contributed by atoms with Crippen LogP contribution in [0.4, 0.5) is 0 Å². The van der Waals surface area contributed by atoms with E-state index in [-0.39, 0.29) is 17.9 Å². The molecule has 0 saturated heterocycles. The third kappa shape index (κ3) is 3.28. The lowest BCUT2D eigenvalue weighted by Gasteiger charge is -2.33. The molecule has 3 rings (SSSR count). The molecule has 0 aliphatic carbocycles. The predicted molar refractivity (Wildman–Crippen MR) is 88.2 cm³/mol. The fourth-order valence-electron chi connectivity index (χ4n) is 2.97. The average Bonchev–Trinajstić information content (AvgIpc) is 2.98. The van der Waals surface area contributed by atoms with Crippen LogP contribution in [0.2, 0.25) is 0 Å². The van der Waals surface area contributed by atoms with Crippen molar-refractivity contribution in [1.82, 2.24) is 14.8 Å². The number of nitrogens with zero attached hydrogens (tertiary/aromatic N) is 2. The van der Waals surface area contributed by atoms with Crippen LogP contribution in [-0.4, -0.2) is 40.9 Å². The molecule has 1 unspecified atom stereocenters. The van der Waals surface area contributed by atoms with Crippen LogP contribution in [0, 0.1) is 6.92 Å². The van der Waals surface area contributed by atoms with Crippen molar-refractivity contribution in [2.45, 2.75) is 25.9 Å². The molecule has 5 heteroatoms. The molecule has 0 fully saturated rings. The molecule has 1 aromatic carbocycles. The van der Waals surface area contributed by atoms with Crippen molar-refractivity contribution in [3.8, 4) is 0 Å². The Hall–Kier alpha value is -2.56. The Balaban J connectivity index is 1.58. The summed E-state index contributed by atoms with van der Waals surface area (Å²) in [4.78, 5) is 26.1. The van der Waals surface area contributed by atoms with Crippen molar-refractivity contribution in [1.29, 1.82) is 0 Å². The van der Waals surface area contributed by atoms with Gasteiger partial charge < -0.3 is 14.8 Å². The monoisotopic (exact) mass is 311 g/mol. The van der Waals surface area contributed by atoms with Gasteiger partial charge in [-0.25, -0.2) is 0 Å². The molecule has 2 heterocycles. The van der Waals surface area contributed by atoms with Gasteiger partial charge in [-0.1, -0.05) is 29.8 Å². The third-order valence-corrected chi connectivity index (χ3v) is 4.31. The summed E-state index contributed by atoms with van der Waals surface area (Å²) in [7, 11) is 1.79. The number of amides is 2. The number of likely N-dealkylation sites (N-methyl/N-ethyl adjacent to an activating group) is 1. The highest BCUT2D eigenvalue weighted by atomic mass is 16.2. The van der Waals surface area contributed by atoms with Crippen molar-refractivity contribution in [3.05, 3.63) is 59.4 Å². The van der Waals surface area contributed by atoms with Crippen LogP contribution in [0.1, 0.15) is 21.6 Å². The van der Waals surface area contributed by atoms with Crippen LogP contribution in [0.25, 0.3) is 0 Å². The zero-order valence-corrected chi connectivity index (χ0v) is 13.5. The topological polar surface area (TPSA) is 54.3 Å². The van der Waals surface area contributed by atoms with Gasteiger partial charge in [-0.3, -0.25) is 9.59 Å². The zero-order chi connectivity index (χ0) is 16.4. The number of carbonyl (C=O) groups is 2. The van der Waals surface area contributed by atoms with Crippen LogP contribution in [0.3, 0.4) is 0 Å². The maximum atomic E-state index is 12.3. The molecule has 1 aliphatic rings. The first-order valence-corrected chi connectivity index (χ1v) is 7.79. The van der Waals surface area contributed by atoms with Crippen LogP contribution >= 0.6 is 0 Å². The van der Waals surface area contributed by atoms with Gasteiger partial charge in [0.2, 0.25) is 5.91 Å².